The Morgan fingerprint density at radius 3 is 2.59 bits per heavy atom. The van der Waals surface area contributed by atoms with Crippen LogP contribution in [0.2, 0.25) is 0 Å². The summed E-state index contributed by atoms with van der Waals surface area (Å²) in [6.45, 7) is -0.393. The number of amides is 2. The minimum absolute atomic E-state index is 0.117. The zero-order chi connectivity index (χ0) is 19.2. The zero-order valence-corrected chi connectivity index (χ0v) is 14.8. The smallest absolute Gasteiger partial charge is 0.260 e. The molecule has 0 aliphatic heterocycles. The van der Waals surface area contributed by atoms with Crippen LogP contribution in [-0.2, 0) is 9.59 Å². The standard InChI is InChI=1S/C21H19FN2O3/c1-24(21(26)14-27-17-9-5-8-16(22)12-17)13-20(25)23-19-11-4-7-15-6-2-3-10-18(15)19/h2-12H,13-14H2,1H3,(H,23,25). The lowest BCUT2D eigenvalue weighted by Crippen LogP contribution is -2.37. The van der Waals surface area contributed by atoms with E-state index in [1.165, 1.54) is 30.1 Å². The van der Waals surface area contributed by atoms with Gasteiger partial charge in [0.1, 0.15) is 11.6 Å². The van der Waals surface area contributed by atoms with Gasteiger partial charge in [-0.1, -0.05) is 42.5 Å². The van der Waals surface area contributed by atoms with E-state index in [-0.39, 0.29) is 30.7 Å². The van der Waals surface area contributed by atoms with Gasteiger partial charge in [0, 0.05) is 24.2 Å². The number of anilines is 1. The lowest BCUT2D eigenvalue weighted by atomic mass is 10.1. The summed E-state index contributed by atoms with van der Waals surface area (Å²) in [5.41, 5.74) is 0.690. The largest absolute Gasteiger partial charge is 0.484 e. The van der Waals surface area contributed by atoms with Gasteiger partial charge in [0.05, 0.1) is 6.54 Å². The molecule has 0 atom stereocenters. The maximum atomic E-state index is 13.1. The summed E-state index contributed by atoms with van der Waals surface area (Å²) in [4.78, 5) is 25.7. The number of carbonyl (C=O) groups excluding carboxylic acids is 2. The van der Waals surface area contributed by atoms with Crippen molar-refractivity contribution < 1.29 is 18.7 Å². The fourth-order valence-electron chi connectivity index (χ4n) is 2.64. The number of nitrogens with zero attached hydrogens (tertiary/aromatic N) is 1. The fourth-order valence-corrected chi connectivity index (χ4v) is 2.64. The van der Waals surface area contributed by atoms with Crippen LogP contribution in [-0.4, -0.2) is 36.9 Å². The normalized spacial score (nSPS) is 10.4. The molecule has 6 heteroatoms. The first-order valence-electron chi connectivity index (χ1n) is 8.43. The third-order valence-electron chi connectivity index (χ3n) is 4.03. The maximum Gasteiger partial charge on any atom is 0.260 e. The van der Waals surface area contributed by atoms with Crippen LogP contribution in [0.5, 0.6) is 5.75 Å². The van der Waals surface area contributed by atoms with E-state index in [1.807, 2.05) is 42.5 Å². The number of ether oxygens (including phenoxy) is 1. The van der Waals surface area contributed by atoms with E-state index in [9.17, 15) is 14.0 Å². The van der Waals surface area contributed by atoms with Gasteiger partial charge in [-0.05, 0) is 23.6 Å². The molecule has 0 aliphatic carbocycles. The van der Waals surface area contributed by atoms with E-state index >= 15 is 0 Å². The quantitative estimate of drug-likeness (QED) is 0.727. The van der Waals surface area contributed by atoms with Crippen molar-refractivity contribution in [3.05, 3.63) is 72.5 Å². The molecule has 0 aliphatic rings. The van der Waals surface area contributed by atoms with E-state index in [0.717, 1.165) is 10.8 Å². The number of likely N-dealkylation sites (N-methyl/N-ethyl adjacent to an activating group) is 1. The van der Waals surface area contributed by atoms with Gasteiger partial charge >= 0.3 is 0 Å². The van der Waals surface area contributed by atoms with Gasteiger partial charge in [0.25, 0.3) is 5.91 Å². The number of rotatable bonds is 6. The molecule has 27 heavy (non-hydrogen) atoms. The molecule has 2 amide bonds. The molecule has 0 saturated carbocycles. The number of hydrogen-bond donors (Lipinski definition) is 1. The van der Waals surface area contributed by atoms with Crippen molar-refractivity contribution in [3.63, 3.8) is 0 Å². The van der Waals surface area contributed by atoms with Crippen LogP contribution < -0.4 is 10.1 Å². The molecular weight excluding hydrogens is 347 g/mol. The van der Waals surface area contributed by atoms with Gasteiger partial charge in [0.2, 0.25) is 5.91 Å². The Bertz CT molecular complexity index is 969. The number of carbonyl (C=O) groups is 2. The second-order valence-electron chi connectivity index (χ2n) is 6.07. The Morgan fingerprint density at radius 1 is 1.04 bits per heavy atom. The van der Waals surface area contributed by atoms with Gasteiger partial charge in [-0.3, -0.25) is 9.59 Å². The van der Waals surface area contributed by atoms with E-state index in [0.29, 0.717) is 5.69 Å². The van der Waals surface area contributed by atoms with Crippen molar-refractivity contribution in [1.29, 1.82) is 0 Å². The first-order valence-corrected chi connectivity index (χ1v) is 8.43. The second kappa shape index (κ2) is 8.31. The van der Waals surface area contributed by atoms with Crippen LogP contribution >= 0.6 is 0 Å². The molecule has 0 spiro atoms. The van der Waals surface area contributed by atoms with Crippen molar-refractivity contribution in [2.75, 3.05) is 25.5 Å². The summed E-state index contributed by atoms with van der Waals surface area (Å²) in [7, 11) is 1.51. The molecule has 0 unspecified atom stereocenters. The molecule has 0 aromatic heterocycles. The molecule has 0 saturated heterocycles. The predicted octanol–water partition coefficient (Wildman–Crippen LogP) is 3.45. The molecule has 3 rings (SSSR count). The minimum Gasteiger partial charge on any atom is -0.484 e. The molecular formula is C21H19FN2O3. The van der Waals surface area contributed by atoms with E-state index in [1.54, 1.807) is 6.07 Å². The zero-order valence-electron chi connectivity index (χ0n) is 14.8. The number of benzene rings is 3. The van der Waals surface area contributed by atoms with Crippen molar-refractivity contribution in [1.82, 2.24) is 4.90 Å². The summed E-state index contributed by atoms with van der Waals surface area (Å²) in [5, 5.41) is 4.77. The minimum atomic E-state index is -0.442. The summed E-state index contributed by atoms with van der Waals surface area (Å²) in [6, 6.07) is 18.9. The summed E-state index contributed by atoms with van der Waals surface area (Å²) in [6.07, 6.45) is 0. The molecule has 3 aromatic carbocycles. The highest BCUT2D eigenvalue weighted by Crippen LogP contribution is 2.22. The van der Waals surface area contributed by atoms with E-state index < -0.39 is 5.82 Å². The van der Waals surface area contributed by atoms with Crippen LogP contribution in [0.1, 0.15) is 0 Å². The average Bonchev–Trinajstić information content (AvgIpc) is 2.66. The third-order valence-corrected chi connectivity index (χ3v) is 4.03. The van der Waals surface area contributed by atoms with Crippen LogP contribution in [0.25, 0.3) is 10.8 Å². The fraction of sp³-hybridized carbons (Fsp3) is 0.143. The number of fused-ring (bicyclic) bond motifs is 1. The van der Waals surface area contributed by atoms with Crippen molar-refractivity contribution >= 4 is 28.3 Å². The summed E-state index contributed by atoms with van der Waals surface area (Å²) < 4.78 is 18.4. The SMILES string of the molecule is CN(CC(=O)Nc1cccc2ccccc12)C(=O)COc1cccc(F)c1. The van der Waals surface area contributed by atoms with E-state index in [2.05, 4.69) is 5.32 Å². The molecule has 0 radical (unpaired) electrons. The van der Waals surface area contributed by atoms with Gasteiger partial charge < -0.3 is 15.0 Å². The Kier molecular flexibility index (Phi) is 5.66. The van der Waals surface area contributed by atoms with Crippen LogP contribution in [0, 0.1) is 5.82 Å². The van der Waals surface area contributed by atoms with Gasteiger partial charge in [-0.2, -0.15) is 0 Å². The first kappa shape index (κ1) is 18.4. The second-order valence-corrected chi connectivity index (χ2v) is 6.07. The molecule has 5 nitrogen and oxygen atoms in total. The van der Waals surface area contributed by atoms with Gasteiger partial charge in [0.15, 0.2) is 6.61 Å². The van der Waals surface area contributed by atoms with Crippen molar-refractivity contribution in [2.24, 2.45) is 0 Å². The lowest BCUT2D eigenvalue weighted by Gasteiger charge is -2.17. The molecule has 3 aromatic rings. The summed E-state index contributed by atoms with van der Waals surface area (Å²) in [5.74, 6) is -0.875. The highest BCUT2D eigenvalue weighted by molar-refractivity contribution is 6.03. The first-order chi connectivity index (χ1) is 13.0. The Hall–Kier alpha value is -3.41. The number of nitrogens with one attached hydrogen (secondary N) is 1. The topological polar surface area (TPSA) is 58.6 Å². The molecule has 0 fully saturated rings. The van der Waals surface area contributed by atoms with E-state index in [4.69, 9.17) is 4.74 Å². The lowest BCUT2D eigenvalue weighted by molar-refractivity contribution is -0.135. The summed E-state index contributed by atoms with van der Waals surface area (Å²) >= 11 is 0. The van der Waals surface area contributed by atoms with Crippen LogP contribution in [0.15, 0.2) is 66.7 Å². The maximum absolute atomic E-state index is 13.1. The molecule has 0 bridgehead atoms. The van der Waals surface area contributed by atoms with Gasteiger partial charge in [-0.15, -0.1) is 0 Å². The molecule has 1 N–H and O–H groups in total. The number of hydrogen-bond acceptors (Lipinski definition) is 3. The van der Waals surface area contributed by atoms with Crippen LogP contribution in [0.4, 0.5) is 10.1 Å². The Morgan fingerprint density at radius 2 is 1.78 bits per heavy atom. The molecule has 138 valence electrons. The van der Waals surface area contributed by atoms with Crippen LogP contribution in [0.3, 0.4) is 0 Å². The predicted molar refractivity (Wildman–Crippen MR) is 102 cm³/mol. The average molecular weight is 366 g/mol. The van der Waals surface area contributed by atoms with Crippen molar-refractivity contribution in [2.45, 2.75) is 0 Å². The Labute approximate surface area is 156 Å². The van der Waals surface area contributed by atoms with Gasteiger partial charge in [-0.25, -0.2) is 4.39 Å². The highest BCUT2D eigenvalue weighted by Gasteiger charge is 2.14. The third kappa shape index (κ3) is 4.82. The highest BCUT2D eigenvalue weighted by atomic mass is 19.1. The number of halogens is 1. The molecule has 0 heterocycles. The monoisotopic (exact) mass is 366 g/mol. The van der Waals surface area contributed by atoms with Crippen molar-refractivity contribution in [3.8, 4) is 5.75 Å². The Balaban J connectivity index is 1.56.